The third kappa shape index (κ3) is 3.18. The average molecular weight is 404 g/mol. The predicted octanol–water partition coefficient (Wildman–Crippen LogP) is 2.77. The summed E-state index contributed by atoms with van der Waals surface area (Å²) in [7, 11) is 0. The number of halogens is 1. The summed E-state index contributed by atoms with van der Waals surface area (Å²) in [6.07, 6.45) is 3.46. The van der Waals surface area contributed by atoms with E-state index in [1.54, 1.807) is 28.0 Å². The molecule has 2 aromatic heterocycles. The topological polar surface area (TPSA) is 75.0 Å². The van der Waals surface area contributed by atoms with Gasteiger partial charge in [-0.25, -0.2) is 4.98 Å². The molecule has 0 amide bonds. The standard InChI is InChI=1S/C17H13BrN2O3S/c1-2-20-14-7-3-10(17(22)23)9-13(14)19-12(16(20)21)6-4-11-5-8-15(18)24-11/h3-9H,2H2,1H3,(H,22,23)/p-1/b6-4+. The van der Waals surface area contributed by atoms with Crippen LogP contribution >= 0.6 is 27.3 Å². The molecule has 24 heavy (non-hydrogen) atoms. The molecule has 5 nitrogen and oxygen atoms in total. The maximum atomic E-state index is 12.6. The summed E-state index contributed by atoms with van der Waals surface area (Å²) in [5, 5.41) is 11.0. The SMILES string of the molecule is CCn1c(=O)c(/C=C/c2ccc(Br)s2)nc2cc(C(=O)[O-])ccc21. The van der Waals surface area contributed by atoms with E-state index < -0.39 is 5.97 Å². The van der Waals surface area contributed by atoms with Crippen LogP contribution in [0.5, 0.6) is 0 Å². The second-order valence-corrected chi connectivity index (χ2v) is 7.51. The van der Waals surface area contributed by atoms with Crippen LogP contribution in [-0.2, 0) is 6.54 Å². The molecule has 0 bridgehead atoms. The van der Waals surface area contributed by atoms with Gasteiger partial charge in [0.25, 0.3) is 5.56 Å². The highest BCUT2D eigenvalue weighted by Gasteiger charge is 2.09. The van der Waals surface area contributed by atoms with E-state index in [4.69, 9.17) is 0 Å². The molecule has 3 rings (SSSR count). The minimum atomic E-state index is -1.27. The zero-order valence-corrected chi connectivity index (χ0v) is 15.1. The van der Waals surface area contributed by atoms with Crippen LogP contribution < -0.4 is 10.7 Å². The number of aryl methyl sites for hydroxylation is 1. The van der Waals surface area contributed by atoms with E-state index in [0.29, 0.717) is 17.6 Å². The van der Waals surface area contributed by atoms with Gasteiger partial charge in [0.1, 0.15) is 5.69 Å². The van der Waals surface area contributed by atoms with E-state index in [9.17, 15) is 14.7 Å². The fourth-order valence-electron chi connectivity index (χ4n) is 2.39. The molecule has 0 saturated carbocycles. The van der Waals surface area contributed by atoms with Crippen LogP contribution in [0.3, 0.4) is 0 Å². The molecule has 0 aliphatic carbocycles. The van der Waals surface area contributed by atoms with Crippen LogP contribution in [0.1, 0.15) is 27.9 Å². The Morgan fingerprint density at radius 1 is 1.33 bits per heavy atom. The van der Waals surface area contributed by atoms with Gasteiger partial charge in [0.15, 0.2) is 0 Å². The molecule has 0 N–H and O–H groups in total. The van der Waals surface area contributed by atoms with Crippen molar-refractivity contribution in [3.8, 4) is 0 Å². The van der Waals surface area contributed by atoms with Crippen LogP contribution in [0.25, 0.3) is 23.2 Å². The summed E-state index contributed by atoms with van der Waals surface area (Å²) >= 11 is 4.93. The summed E-state index contributed by atoms with van der Waals surface area (Å²) in [6, 6.07) is 8.29. The third-order valence-electron chi connectivity index (χ3n) is 3.52. The molecule has 0 atom stereocenters. The molecule has 0 unspecified atom stereocenters. The summed E-state index contributed by atoms with van der Waals surface area (Å²) in [5.41, 5.74) is 1.14. The maximum Gasteiger partial charge on any atom is 0.276 e. The van der Waals surface area contributed by atoms with Crippen molar-refractivity contribution in [2.75, 3.05) is 0 Å². The number of fused-ring (bicyclic) bond motifs is 1. The van der Waals surface area contributed by atoms with Crippen LogP contribution in [0, 0.1) is 0 Å². The molecular formula is C17H12BrN2O3S-. The molecule has 0 aliphatic rings. The molecule has 0 fully saturated rings. The number of hydrogen-bond donors (Lipinski definition) is 0. The molecule has 0 spiro atoms. The number of aromatic carboxylic acids is 1. The number of carbonyl (C=O) groups is 1. The fraction of sp³-hybridized carbons (Fsp3) is 0.118. The molecule has 122 valence electrons. The number of carboxylic acid groups (broad SMARTS) is 1. The van der Waals surface area contributed by atoms with Crippen LogP contribution in [0.4, 0.5) is 0 Å². The smallest absolute Gasteiger partial charge is 0.276 e. The van der Waals surface area contributed by atoms with Gasteiger partial charge in [0.2, 0.25) is 0 Å². The highest BCUT2D eigenvalue weighted by Crippen LogP contribution is 2.23. The van der Waals surface area contributed by atoms with E-state index in [1.807, 2.05) is 25.1 Å². The Balaban J connectivity index is 2.16. The minimum Gasteiger partial charge on any atom is -0.545 e. The summed E-state index contributed by atoms with van der Waals surface area (Å²) < 4.78 is 2.57. The number of hydrogen-bond acceptors (Lipinski definition) is 5. The van der Waals surface area contributed by atoms with Gasteiger partial charge in [-0.2, -0.15) is 0 Å². The first-order valence-electron chi connectivity index (χ1n) is 7.19. The van der Waals surface area contributed by atoms with Crippen LogP contribution in [0.2, 0.25) is 0 Å². The van der Waals surface area contributed by atoms with Crippen molar-refractivity contribution in [1.29, 1.82) is 0 Å². The van der Waals surface area contributed by atoms with Crippen molar-refractivity contribution in [3.63, 3.8) is 0 Å². The van der Waals surface area contributed by atoms with Gasteiger partial charge in [0, 0.05) is 11.4 Å². The predicted molar refractivity (Wildman–Crippen MR) is 97.0 cm³/mol. The van der Waals surface area contributed by atoms with Gasteiger partial charge in [-0.15, -0.1) is 11.3 Å². The number of carboxylic acids is 1. The lowest BCUT2D eigenvalue weighted by atomic mass is 10.2. The lowest BCUT2D eigenvalue weighted by molar-refractivity contribution is -0.255. The highest BCUT2D eigenvalue weighted by atomic mass is 79.9. The maximum absolute atomic E-state index is 12.6. The number of nitrogens with zero attached hydrogens (tertiary/aromatic N) is 2. The molecule has 3 aromatic rings. The Kier molecular flexibility index (Phi) is 4.64. The van der Waals surface area contributed by atoms with Gasteiger partial charge in [-0.1, -0.05) is 6.07 Å². The zero-order valence-electron chi connectivity index (χ0n) is 12.7. The largest absolute Gasteiger partial charge is 0.545 e. The molecule has 1 aromatic carbocycles. The number of benzene rings is 1. The summed E-state index contributed by atoms with van der Waals surface area (Å²) in [4.78, 5) is 28.9. The number of carbonyl (C=O) groups excluding carboxylic acids is 1. The highest BCUT2D eigenvalue weighted by molar-refractivity contribution is 9.11. The third-order valence-corrected chi connectivity index (χ3v) is 5.11. The van der Waals surface area contributed by atoms with Crippen LogP contribution in [0.15, 0.2) is 38.9 Å². The van der Waals surface area contributed by atoms with Crippen LogP contribution in [-0.4, -0.2) is 15.5 Å². The van der Waals surface area contributed by atoms with E-state index >= 15 is 0 Å². The Morgan fingerprint density at radius 2 is 2.12 bits per heavy atom. The van der Waals surface area contributed by atoms with Gasteiger partial charge in [-0.3, -0.25) is 4.79 Å². The first-order chi connectivity index (χ1) is 11.5. The second-order valence-electron chi connectivity index (χ2n) is 5.01. The van der Waals surface area contributed by atoms with Crippen molar-refractivity contribution >= 4 is 56.4 Å². The Bertz CT molecular complexity index is 1020. The van der Waals surface area contributed by atoms with E-state index in [-0.39, 0.29) is 16.8 Å². The zero-order chi connectivity index (χ0) is 17.3. The van der Waals surface area contributed by atoms with E-state index in [0.717, 1.165) is 8.66 Å². The minimum absolute atomic E-state index is 0.0356. The van der Waals surface area contributed by atoms with Gasteiger partial charge in [0.05, 0.1) is 20.8 Å². The first kappa shape index (κ1) is 16.6. The van der Waals surface area contributed by atoms with E-state index in [1.165, 1.54) is 12.1 Å². The fourth-order valence-corrected chi connectivity index (χ4v) is 3.72. The average Bonchev–Trinajstić information content (AvgIpc) is 2.98. The van der Waals surface area contributed by atoms with E-state index in [2.05, 4.69) is 20.9 Å². The first-order valence-corrected chi connectivity index (χ1v) is 8.80. The molecule has 0 saturated heterocycles. The summed E-state index contributed by atoms with van der Waals surface area (Å²) in [6.45, 7) is 2.32. The van der Waals surface area contributed by atoms with Crippen molar-refractivity contribution in [3.05, 3.63) is 60.6 Å². The Morgan fingerprint density at radius 3 is 2.75 bits per heavy atom. The second kappa shape index (κ2) is 6.70. The normalized spacial score (nSPS) is 11.4. The lowest BCUT2D eigenvalue weighted by Gasteiger charge is -2.10. The number of aromatic nitrogens is 2. The van der Waals surface area contributed by atoms with Gasteiger partial charge < -0.3 is 14.5 Å². The van der Waals surface area contributed by atoms with Crippen molar-refractivity contribution in [2.24, 2.45) is 0 Å². The molecule has 2 heterocycles. The summed E-state index contributed by atoms with van der Waals surface area (Å²) in [5.74, 6) is -1.27. The molecule has 7 heteroatoms. The van der Waals surface area contributed by atoms with Crippen molar-refractivity contribution in [2.45, 2.75) is 13.5 Å². The number of thiophene rings is 1. The lowest BCUT2D eigenvalue weighted by Crippen LogP contribution is -2.25. The molecule has 0 aliphatic heterocycles. The molecular weight excluding hydrogens is 392 g/mol. The monoisotopic (exact) mass is 403 g/mol. The van der Waals surface area contributed by atoms with Crippen molar-refractivity contribution < 1.29 is 9.90 Å². The Labute approximate surface area is 150 Å². The quantitative estimate of drug-likeness (QED) is 0.670. The number of rotatable bonds is 4. The Hall–Kier alpha value is -2.25. The van der Waals surface area contributed by atoms with Crippen molar-refractivity contribution in [1.82, 2.24) is 9.55 Å². The molecule has 0 radical (unpaired) electrons. The van der Waals surface area contributed by atoms with Gasteiger partial charge in [-0.05, 0) is 64.8 Å². The van der Waals surface area contributed by atoms with Gasteiger partial charge >= 0.3 is 0 Å².